The van der Waals surface area contributed by atoms with E-state index in [4.69, 9.17) is 4.84 Å². The molecule has 0 radical (unpaired) electrons. The van der Waals surface area contributed by atoms with Crippen LogP contribution in [0.2, 0.25) is 0 Å². The molecule has 9 heavy (non-hydrogen) atoms. The van der Waals surface area contributed by atoms with Crippen molar-refractivity contribution < 1.29 is 4.84 Å². The highest BCUT2D eigenvalue weighted by molar-refractivity contribution is 4.42. The Labute approximate surface area is 57.8 Å². The minimum absolute atomic E-state index is 0.483. The molecule has 2 heteroatoms. The summed E-state index contributed by atoms with van der Waals surface area (Å²) in [5.74, 6) is 0. The fourth-order valence-corrected chi connectivity index (χ4v) is 0.384. The molecule has 2 nitrogen and oxygen atoms in total. The Kier molecular flexibility index (Phi) is 4.72. The molecule has 0 saturated heterocycles. The van der Waals surface area contributed by atoms with Gasteiger partial charge in [-0.15, -0.1) is 0 Å². The van der Waals surface area contributed by atoms with Gasteiger partial charge in [0.2, 0.25) is 0 Å². The first-order valence-corrected chi connectivity index (χ1v) is 3.54. The van der Waals surface area contributed by atoms with Crippen molar-refractivity contribution in [1.29, 1.82) is 0 Å². The van der Waals surface area contributed by atoms with E-state index in [1.54, 1.807) is 0 Å². The lowest BCUT2D eigenvalue weighted by Crippen LogP contribution is -2.26. The van der Waals surface area contributed by atoms with Gasteiger partial charge < -0.3 is 0 Å². The Morgan fingerprint density at radius 3 is 2.33 bits per heavy atom. The van der Waals surface area contributed by atoms with E-state index < -0.39 is 0 Å². The average Bonchev–Trinajstić information content (AvgIpc) is 1.82. The monoisotopic (exact) mass is 131 g/mol. The van der Waals surface area contributed by atoms with Crippen LogP contribution < -0.4 is 0 Å². The van der Waals surface area contributed by atoms with Gasteiger partial charge in [0.25, 0.3) is 0 Å². The van der Waals surface area contributed by atoms with Gasteiger partial charge in [0.1, 0.15) is 0 Å². The lowest BCUT2D eigenvalue weighted by molar-refractivity contribution is -0.159. The van der Waals surface area contributed by atoms with E-state index >= 15 is 0 Å². The molecule has 0 heterocycles. The van der Waals surface area contributed by atoms with Crippen molar-refractivity contribution >= 4 is 0 Å². The van der Waals surface area contributed by atoms with Crippen molar-refractivity contribution in [3.63, 3.8) is 0 Å². The molecule has 0 atom stereocenters. The summed E-state index contributed by atoms with van der Waals surface area (Å²) < 4.78 is 0. The Morgan fingerprint density at radius 2 is 2.00 bits per heavy atom. The number of rotatable bonds is 4. The van der Waals surface area contributed by atoms with Crippen molar-refractivity contribution in [2.45, 2.75) is 33.2 Å². The molecule has 0 fully saturated rings. The molecule has 56 valence electrons. The van der Waals surface area contributed by atoms with Gasteiger partial charge in [-0.05, 0) is 20.3 Å². The third-order valence-electron chi connectivity index (χ3n) is 1.23. The lowest BCUT2D eigenvalue weighted by atomic mass is 10.4. The summed E-state index contributed by atoms with van der Waals surface area (Å²) in [6.45, 7) is 7.15. The molecule has 0 saturated carbocycles. The largest absolute Gasteiger partial charge is 0.299 e. The first-order valence-electron chi connectivity index (χ1n) is 3.54. The minimum atomic E-state index is 0.483. The van der Waals surface area contributed by atoms with Crippen LogP contribution in [-0.2, 0) is 4.84 Å². The third-order valence-corrected chi connectivity index (χ3v) is 1.23. The second-order valence-electron chi connectivity index (χ2n) is 2.47. The second-order valence-corrected chi connectivity index (χ2v) is 2.47. The van der Waals surface area contributed by atoms with Gasteiger partial charge >= 0.3 is 0 Å². The number of hydroxylamine groups is 2. The molecular formula is C7H17NO. The molecule has 0 aromatic rings. The highest BCUT2D eigenvalue weighted by Gasteiger charge is 2.00. The maximum Gasteiger partial charge on any atom is 0.0682 e. The van der Waals surface area contributed by atoms with Crippen LogP contribution in [0.4, 0.5) is 0 Å². The second kappa shape index (κ2) is 4.77. The first kappa shape index (κ1) is 8.92. The van der Waals surface area contributed by atoms with E-state index in [0.717, 1.165) is 13.0 Å². The van der Waals surface area contributed by atoms with E-state index in [2.05, 4.69) is 20.8 Å². The molecule has 0 amide bonds. The summed E-state index contributed by atoms with van der Waals surface area (Å²) in [5.41, 5.74) is 0. The third kappa shape index (κ3) is 4.43. The Balaban J connectivity index is 3.16. The van der Waals surface area contributed by atoms with Crippen molar-refractivity contribution in [2.24, 2.45) is 0 Å². The molecular weight excluding hydrogens is 114 g/mol. The molecule has 0 aliphatic heterocycles. The molecule has 0 aromatic heterocycles. The highest BCUT2D eigenvalue weighted by Crippen LogP contribution is 1.94. The first-order chi connectivity index (χ1) is 4.18. The van der Waals surface area contributed by atoms with E-state index in [0.29, 0.717) is 6.04 Å². The van der Waals surface area contributed by atoms with Crippen molar-refractivity contribution in [1.82, 2.24) is 5.06 Å². The fraction of sp³-hybridized carbons (Fsp3) is 1.00. The summed E-state index contributed by atoms with van der Waals surface area (Å²) in [5, 5.41) is 1.88. The zero-order chi connectivity index (χ0) is 7.28. The van der Waals surface area contributed by atoms with Gasteiger partial charge in [0.15, 0.2) is 0 Å². The Bertz CT molecular complexity index is 63.9. The van der Waals surface area contributed by atoms with Crippen molar-refractivity contribution in [2.75, 3.05) is 13.7 Å². The number of hydrogen-bond acceptors (Lipinski definition) is 2. The predicted molar refractivity (Wildman–Crippen MR) is 39.1 cm³/mol. The molecule has 0 unspecified atom stereocenters. The van der Waals surface area contributed by atoms with Gasteiger partial charge in [0.05, 0.1) is 6.61 Å². The maximum atomic E-state index is 5.29. The van der Waals surface area contributed by atoms with Crippen LogP contribution in [0.5, 0.6) is 0 Å². The van der Waals surface area contributed by atoms with Crippen molar-refractivity contribution in [3.8, 4) is 0 Å². The van der Waals surface area contributed by atoms with Gasteiger partial charge in [0, 0.05) is 13.1 Å². The SMILES string of the molecule is CCCON(C)C(C)C. The molecule has 0 N–H and O–H groups in total. The normalized spacial score (nSPS) is 11.3. The Hall–Kier alpha value is -0.0800. The topological polar surface area (TPSA) is 12.5 Å². The van der Waals surface area contributed by atoms with E-state index in [-0.39, 0.29) is 0 Å². The summed E-state index contributed by atoms with van der Waals surface area (Å²) in [4.78, 5) is 5.29. The van der Waals surface area contributed by atoms with E-state index in [1.807, 2.05) is 12.1 Å². The number of hydrogen-bond donors (Lipinski definition) is 0. The predicted octanol–water partition coefficient (Wildman–Crippen LogP) is 1.67. The zero-order valence-electron chi connectivity index (χ0n) is 6.85. The van der Waals surface area contributed by atoms with E-state index in [1.165, 1.54) is 0 Å². The molecule has 0 bridgehead atoms. The van der Waals surface area contributed by atoms with Crippen LogP contribution in [0.3, 0.4) is 0 Å². The smallest absolute Gasteiger partial charge is 0.0682 e. The Morgan fingerprint density at radius 1 is 1.44 bits per heavy atom. The summed E-state index contributed by atoms with van der Waals surface area (Å²) in [7, 11) is 1.96. The van der Waals surface area contributed by atoms with Gasteiger partial charge in [-0.1, -0.05) is 6.92 Å². The summed E-state index contributed by atoms with van der Waals surface area (Å²) in [6.07, 6.45) is 1.08. The average molecular weight is 131 g/mol. The highest BCUT2D eigenvalue weighted by atomic mass is 16.7. The summed E-state index contributed by atoms with van der Waals surface area (Å²) >= 11 is 0. The van der Waals surface area contributed by atoms with Crippen LogP contribution in [0.15, 0.2) is 0 Å². The van der Waals surface area contributed by atoms with Crippen LogP contribution in [0, 0.1) is 0 Å². The molecule has 0 aliphatic rings. The fourth-order valence-electron chi connectivity index (χ4n) is 0.384. The van der Waals surface area contributed by atoms with Crippen LogP contribution in [0.25, 0.3) is 0 Å². The minimum Gasteiger partial charge on any atom is -0.299 e. The standard InChI is InChI=1S/C7H17NO/c1-5-6-9-8(4)7(2)3/h7H,5-6H2,1-4H3. The quantitative estimate of drug-likeness (QED) is 0.538. The van der Waals surface area contributed by atoms with Crippen LogP contribution in [0.1, 0.15) is 27.2 Å². The zero-order valence-corrected chi connectivity index (χ0v) is 6.85. The van der Waals surface area contributed by atoms with Crippen LogP contribution in [-0.4, -0.2) is 24.8 Å². The van der Waals surface area contributed by atoms with Gasteiger partial charge in [-0.3, -0.25) is 4.84 Å². The van der Waals surface area contributed by atoms with Crippen molar-refractivity contribution in [3.05, 3.63) is 0 Å². The molecule has 0 aromatic carbocycles. The summed E-state index contributed by atoms with van der Waals surface area (Å²) in [6, 6.07) is 0.483. The van der Waals surface area contributed by atoms with Gasteiger partial charge in [-0.2, -0.15) is 5.06 Å². The lowest BCUT2D eigenvalue weighted by Gasteiger charge is -2.19. The van der Waals surface area contributed by atoms with E-state index in [9.17, 15) is 0 Å². The molecule has 0 rings (SSSR count). The maximum absolute atomic E-state index is 5.29. The number of nitrogens with zero attached hydrogens (tertiary/aromatic N) is 1. The molecule has 0 spiro atoms. The van der Waals surface area contributed by atoms with Crippen LogP contribution >= 0.6 is 0 Å². The van der Waals surface area contributed by atoms with Gasteiger partial charge in [-0.25, -0.2) is 0 Å². The molecule has 0 aliphatic carbocycles.